The second-order valence-electron chi connectivity index (χ2n) is 4.76. The van der Waals surface area contributed by atoms with Crippen molar-refractivity contribution in [2.45, 2.75) is 25.2 Å². The van der Waals surface area contributed by atoms with Gasteiger partial charge in [-0.1, -0.05) is 12.1 Å². The van der Waals surface area contributed by atoms with E-state index >= 15 is 0 Å². The van der Waals surface area contributed by atoms with Crippen molar-refractivity contribution in [1.29, 1.82) is 0 Å². The molecule has 0 atom stereocenters. The molecule has 1 aromatic carbocycles. The summed E-state index contributed by atoms with van der Waals surface area (Å²) < 4.78 is 31.6. The van der Waals surface area contributed by atoms with E-state index in [1.165, 1.54) is 0 Å². The molecular formula is C14H22N2O4S. The Morgan fingerprint density at radius 3 is 2.62 bits per heavy atom. The lowest BCUT2D eigenvalue weighted by molar-refractivity contribution is -0.121. The molecule has 0 aliphatic rings. The number of sulfonamides is 1. The number of hydrogen-bond acceptors (Lipinski definition) is 4. The molecule has 0 fully saturated rings. The molecule has 2 N–H and O–H groups in total. The molecule has 118 valence electrons. The van der Waals surface area contributed by atoms with Crippen LogP contribution in [0.5, 0.6) is 0 Å². The predicted molar refractivity (Wildman–Crippen MR) is 80.6 cm³/mol. The second kappa shape index (κ2) is 8.11. The SMILES string of the molecule is COCCNC(=O)CCNS(=O)(=O)c1cc(C)ccc1C. The van der Waals surface area contributed by atoms with Gasteiger partial charge in [0.25, 0.3) is 0 Å². The highest BCUT2D eigenvalue weighted by Gasteiger charge is 2.16. The van der Waals surface area contributed by atoms with Gasteiger partial charge in [-0.25, -0.2) is 13.1 Å². The van der Waals surface area contributed by atoms with Crippen molar-refractivity contribution in [3.05, 3.63) is 29.3 Å². The topological polar surface area (TPSA) is 84.5 Å². The Morgan fingerprint density at radius 1 is 1.24 bits per heavy atom. The molecule has 0 aromatic heterocycles. The molecule has 0 spiro atoms. The number of aryl methyl sites for hydroxylation is 2. The first-order valence-electron chi connectivity index (χ1n) is 6.69. The van der Waals surface area contributed by atoms with Gasteiger partial charge in [0, 0.05) is 26.6 Å². The van der Waals surface area contributed by atoms with E-state index in [1.807, 2.05) is 13.0 Å². The zero-order valence-electron chi connectivity index (χ0n) is 12.6. The monoisotopic (exact) mass is 314 g/mol. The van der Waals surface area contributed by atoms with Crippen LogP contribution >= 0.6 is 0 Å². The maximum Gasteiger partial charge on any atom is 0.240 e. The summed E-state index contributed by atoms with van der Waals surface area (Å²) >= 11 is 0. The van der Waals surface area contributed by atoms with Crippen LogP contribution in [-0.4, -0.2) is 41.1 Å². The van der Waals surface area contributed by atoms with Crippen molar-refractivity contribution in [3.8, 4) is 0 Å². The highest BCUT2D eigenvalue weighted by Crippen LogP contribution is 2.16. The Bertz CT molecular complexity index is 585. The first-order valence-corrected chi connectivity index (χ1v) is 8.17. The molecule has 0 saturated heterocycles. The van der Waals surface area contributed by atoms with Crippen LogP contribution in [0.3, 0.4) is 0 Å². The summed E-state index contributed by atoms with van der Waals surface area (Å²) in [6, 6.07) is 5.25. The molecule has 0 radical (unpaired) electrons. The minimum Gasteiger partial charge on any atom is -0.383 e. The maximum absolute atomic E-state index is 12.2. The van der Waals surface area contributed by atoms with Crippen LogP contribution in [0.15, 0.2) is 23.1 Å². The van der Waals surface area contributed by atoms with Crippen LogP contribution in [0.25, 0.3) is 0 Å². The third-order valence-corrected chi connectivity index (χ3v) is 4.51. The van der Waals surface area contributed by atoms with Crippen LogP contribution < -0.4 is 10.0 Å². The molecule has 1 amide bonds. The molecule has 0 unspecified atom stereocenters. The van der Waals surface area contributed by atoms with Crippen LogP contribution in [-0.2, 0) is 19.6 Å². The summed E-state index contributed by atoms with van der Waals surface area (Å²) in [5.74, 6) is -0.212. The molecule has 21 heavy (non-hydrogen) atoms. The van der Waals surface area contributed by atoms with Gasteiger partial charge in [-0.2, -0.15) is 0 Å². The third-order valence-electron chi connectivity index (χ3n) is 2.91. The van der Waals surface area contributed by atoms with Crippen LogP contribution in [0.1, 0.15) is 17.5 Å². The first-order chi connectivity index (χ1) is 9.86. The lowest BCUT2D eigenvalue weighted by Crippen LogP contribution is -2.32. The number of rotatable bonds is 8. The number of nitrogens with one attached hydrogen (secondary N) is 2. The van der Waals surface area contributed by atoms with Gasteiger partial charge in [-0.15, -0.1) is 0 Å². The van der Waals surface area contributed by atoms with E-state index in [4.69, 9.17) is 4.74 Å². The predicted octanol–water partition coefficient (Wildman–Crippen LogP) is 0.734. The molecule has 7 heteroatoms. The molecule has 0 bridgehead atoms. The Hall–Kier alpha value is -1.44. The number of hydrogen-bond donors (Lipinski definition) is 2. The van der Waals surface area contributed by atoms with Gasteiger partial charge in [0.05, 0.1) is 11.5 Å². The minimum atomic E-state index is -3.59. The number of carbonyl (C=O) groups excluding carboxylic acids is 1. The van der Waals surface area contributed by atoms with Crippen LogP contribution in [0, 0.1) is 13.8 Å². The molecule has 0 aliphatic carbocycles. The summed E-state index contributed by atoms with van der Waals surface area (Å²) in [6.07, 6.45) is 0.0911. The van der Waals surface area contributed by atoms with E-state index in [0.29, 0.717) is 18.7 Å². The highest BCUT2D eigenvalue weighted by molar-refractivity contribution is 7.89. The lowest BCUT2D eigenvalue weighted by atomic mass is 10.2. The standard InChI is InChI=1S/C14H22N2O4S/c1-11-4-5-12(2)13(10-11)21(18,19)16-7-6-14(17)15-8-9-20-3/h4-5,10,16H,6-9H2,1-3H3,(H,15,17). The summed E-state index contributed by atoms with van der Waals surface area (Å²) in [6.45, 7) is 4.49. The fourth-order valence-electron chi connectivity index (χ4n) is 1.75. The van der Waals surface area contributed by atoms with E-state index in [1.54, 1.807) is 26.2 Å². The number of benzene rings is 1. The normalized spacial score (nSPS) is 11.4. The van der Waals surface area contributed by atoms with Crippen molar-refractivity contribution in [3.63, 3.8) is 0 Å². The van der Waals surface area contributed by atoms with Crippen molar-refractivity contribution < 1.29 is 17.9 Å². The van der Waals surface area contributed by atoms with E-state index in [-0.39, 0.29) is 23.8 Å². The van der Waals surface area contributed by atoms with Crippen molar-refractivity contribution in [2.75, 3.05) is 26.8 Å². The quantitative estimate of drug-likeness (QED) is 0.693. The zero-order chi connectivity index (χ0) is 15.9. The molecule has 0 heterocycles. The third kappa shape index (κ3) is 5.82. The first kappa shape index (κ1) is 17.6. The molecule has 1 aromatic rings. The molecule has 1 rings (SSSR count). The smallest absolute Gasteiger partial charge is 0.240 e. The van der Waals surface area contributed by atoms with Gasteiger partial charge in [0.1, 0.15) is 0 Å². The molecule has 0 aliphatic heterocycles. The average molecular weight is 314 g/mol. The van der Waals surface area contributed by atoms with Crippen LogP contribution in [0.4, 0.5) is 0 Å². The largest absolute Gasteiger partial charge is 0.383 e. The number of amides is 1. The fourth-order valence-corrected chi connectivity index (χ4v) is 3.11. The Morgan fingerprint density at radius 2 is 1.95 bits per heavy atom. The van der Waals surface area contributed by atoms with E-state index in [2.05, 4.69) is 10.0 Å². The van der Waals surface area contributed by atoms with Crippen molar-refractivity contribution in [1.82, 2.24) is 10.0 Å². The van der Waals surface area contributed by atoms with Gasteiger partial charge in [0.15, 0.2) is 0 Å². The Balaban J connectivity index is 2.54. The Labute approximate surface area is 125 Å². The number of carbonyl (C=O) groups is 1. The summed E-state index contributed by atoms with van der Waals surface area (Å²) in [5, 5.41) is 2.63. The van der Waals surface area contributed by atoms with Gasteiger partial charge < -0.3 is 10.1 Å². The maximum atomic E-state index is 12.2. The van der Waals surface area contributed by atoms with Crippen molar-refractivity contribution >= 4 is 15.9 Å². The average Bonchev–Trinajstić information content (AvgIpc) is 2.41. The minimum absolute atomic E-state index is 0.0640. The Kier molecular flexibility index (Phi) is 6.80. The van der Waals surface area contributed by atoms with E-state index in [9.17, 15) is 13.2 Å². The van der Waals surface area contributed by atoms with Gasteiger partial charge in [-0.3, -0.25) is 4.79 Å². The lowest BCUT2D eigenvalue weighted by Gasteiger charge is -2.10. The van der Waals surface area contributed by atoms with Crippen LogP contribution in [0.2, 0.25) is 0 Å². The van der Waals surface area contributed by atoms with Crippen molar-refractivity contribution in [2.24, 2.45) is 0 Å². The summed E-state index contributed by atoms with van der Waals surface area (Å²) in [4.78, 5) is 11.7. The summed E-state index contributed by atoms with van der Waals surface area (Å²) in [7, 11) is -2.04. The highest BCUT2D eigenvalue weighted by atomic mass is 32.2. The zero-order valence-corrected chi connectivity index (χ0v) is 13.4. The fraction of sp³-hybridized carbons (Fsp3) is 0.500. The molecule has 0 saturated carbocycles. The molecular weight excluding hydrogens is 292 g/mol. The molecule has 6 nitrogen and oxygen atoms in total. The van der Waals surface area contributed by atoms with Gasteiger partial charge >= 0.3 is 0 Å². The number of ether oxygens (including phenoxy) is 1. The number of methoxy groups -OCH3 is 1. The van der Waals surface area contributed by atoms with Gasteiger partial charge in [0.2, 0.25) is 15.9 Å². The second-order valence-corrected chi connectivity index (χ2v) is 6.49. The van der Waals surface area contributed by atoms with E-state index < -0.39 is 10.0 Å². The summed E-state index contributed by atoms with van der Waals surface area (Å²) in [5.41, 5.74) is 1.55. The van der Waals surface area contributed by atoms with Gasteiger partial charge in [-0.05, 0) is 31.0 Å². The van der Waals surface area contributed by atoms with E-state index in [0.717, 1.165) is 5.56 Å².